The summed E-state index contributed by atoms with van der Waals surface area (Å²) in [6, 6.07) is 4.81. The van der Waals surface area contributed by atoms with E-state index in [1.54, 1.807) is 19.1 Å². The molecule has 1 fully saturated rings. The maximum Gasteiger partial charge on any atom is 0.497 e. The predicted octanol–water partition coefficient (Wildman–Crippen LogP) is 2.47. The van der Waals surface area contributed by atoms with Gasteiger partial charge in [-0.25, -0.2) is 4.39 Å². The Hall–Kier alpha value is -1.40. The van der Waals surface area contributed by atoms with Gasteiger partial charge in [-0.05, 0) is 33.8 Å². The molecule has 6 heteroatoms. The summed E-state index contributed by atoms with van der Waals surface area (Å²) in [6.45, 7) is 9.35. The van der Waals surface area contributed by atoms with E-state index in [0.29, 0.717) is 11.9 Å². The molecule has 0 saturated carbocycles. The Balaban J connectivity index is 2.30. The lowest BCUT2D eigenvalue weighted by molar-refractivity contribution is -0.115. The van der Waals surface area contributed by atoms with Crippen LogP contribution in [0, 0.1) is 5.82 Å². The molecule has 0 atom stereocenters. The van der Waals surface area contributed by atoms with Gasteiger partial charge >= 0.3 is 7.12 Å². The smallest absolute Gasteiger partial charge is 0.399 e. The molecule has 1 aromatic rings. The van der Waals surface area contributed by atoms with Crippen molar-refractivity contribution in [3.05, 3.63) is 24.0 Å². The minimum Gasteiger partial charge on any atom is -0.399 e. The third-order valence-corrected chi connectivity index (χ3v) is 4.13. The van der Waals surface area contributed by atoms with Gasteiger partial charge in [-0.15, -0.1) is 0 Å². The van der Waals surface area contributed by atoms with E-state index in [4.69, 9.17) is 9.31 Å². The van der Waals surface area contributed by atoms with Crippen molar-refractivity contribution in [2.75, 3.05) is 5.32 Å². The van der Waals surface area contributed by atoms with Gasteiger partial charge in [-0.3, -0.25) is 4.79 Å². The van der Waals surface area contributed by atoms with Crippen molar-refractivity contribution in [1.29, 1.82) is 0 Å². The molecule has 1 N–H and O–H groups in total. The van der Waals surface area contributed by atoms with E-state index in [2.05, 4.69) is 5.32 Å². The van der Waals surface area contributed by atoms with Crippen LogP contribution in [0.15, 0.2) is 18.2 Å². The van der Waals surface area contributed by atoms with Gasteiger partial charge < -0.3 is 14.6 Å². The first-order valence-electron chi connectivity index (χ1n) is 7.12. The van der Waals surface area contributed by atoms with Gasteiger partial charge in [0.1, 0.15) is 5.82 Å². The van der Waals surface area contributed by atoms with E-state index in [1.165, 1.54) is 6.07 Å². The Kier molecular flexibility index (Phi) is 4.13. The number of amides is 1. The van der Waals surface area contributed by atoms with Gasteiger partial charge in [0.2, 0.25) is 5.91 Å². The van der Waals surface area contributed by atoms with E-state index in [0.717, 1.165) is 0 Å². The zero-order valence-corrected chi connectivity index (χ0v) is 13.1. The molecule has 1 heterocycles. The van der Waals surface area contributed by atoms with E-state index >= 15 is 0 Å². The SMILES string of the molecule is CCC(=O)Nc1cccc(B2OC(C)(C)C(C)(C)O2)c1F. The summed E-state index contributed by atoms with van der Waals surface area (Å²) in [5.74, 6) is -0.752. The average molecular weight is 293 g/mol. The number of hydrogen-bond acceptors (Lipinski definition) is 3. The second-order valence-electron chi connectivity index (χ2n) is 6.20. The molecule has 1 saturated heterocycles. The lowest BCUT2D eigenvalue weighted by atomic mass is 9.78. The molecule has 1 aliphatic rings. The molecule has 0 radical (unpaired) electrons. The molecule has 1 aliphatic heterocycles. The van der Waals surface area contributed by atoms with Crippen LogP contribution < -0.4 is 10.8 Å². The molecule has 21 heavy (non-hydrogen) atoms. The summed E-state index contributed by atoms with van der Waals surface area (Å²) < 4.78 is 26.2. The third-order valence-electron chi connectivity index (χ3n) is 4.13. The van der Waals surface area contributed by atoms with Crippen LogP contribution in [-0.2, 0) is 14.1 Å². The molecule has 4 nitrogen and oxygen atoms in total. The van der Waals surface area contributed by atoms with Gasteiger partial charge in [0.05, 0.1) is 16.9 Å². The fourth-order valence-corrected chi connectivity index (χ4v) is 2.04. The summed E-state index contributed by atoms with van der Waals surface area (Å²) in [5, 5.41) is 2.54. The minimum atomic E-state index is -0.784. The van der Waals surface area contributed by atoms with E-state index < -0.39 is 24.1 Å². The molecule has 1 aromatic carbocycles. The molecule has 0 bridgehead atoms. The van der Waals surface area contributed by atoms with Crippen LogP contribution in [0.1, 0.15) is 41.0 Å². The standard InChI is InChI=1S/C15H21BFNO3/c1-6-12(19)18-11-9-7-8-10(13(11)17)16-20-14(2,3)15(4,5)21-16/h7-9H,6H2,1-5H3,(H,18,19). The van der Waals surface area contributed by atoms with Crippen molar-refractivity contribution in [2.45, 2.75) is 52.2 Å². The van der Waals surface area contributed by atoms with Crippen LogP contribution in [-0.4, -0.2) is 24.2 Å². The highest BCUT2D eigenvalue weighted by atomic mass is 19.1. The molecule has 0 unspecified atom stereocenters. The third kappa shape index (κ3) is 2.96. The monoisotopic (exact) mass is 293 g/mol. The normalized spacial score (nSPS) is 19.6. The first-order chi connectivity index (χ1) is 9.68. The van der Waals surface area contributed by atoms with Crippen molar-refractivity contribution in [2.24, 2.45) is 0 Å². The zero-order valence-electron chi connectivity index (χ0n) is 13.1. The number of anilines is 1. The van der Waals surface area contributed by atoms with Crippen LogP contribution >= 0.6 is 0 Å². The number of carbonyl (C=O) groups is 1. The second kappa shape index (κ2) is 5.42. The van der Waals surface area contributed by atoms with Crippen molar-refractivity contribution >= 4 is 24.2 Å². The second-order valence-corrected chi connectivity index (χ2v) is 6.20. The Bertz CT molecular complexity index is 544. The molecule has 2 rings (SSSR count). The van der Waals surface area contributed by atoms with E-state index in [9.17, 15) is 9.18 Å². The summed E-state index contributed by atoms with van der Waals surface area (Å²) in [6.07, 6.45) is 0.292. The number of benzene rings is 1. The first-order valence-corrected chi connectivity index (χ1v) is 7.12. The topological polar surface area (TPSA) is 47.6 Å². The Morgan fingerprint density at radius 1 is 1.24 bits per heavy atom. The zero-order chi connectivity index (χ0) is 15.8. The fraction of sp³-hybridized carbons (Fsp3) is 0.533. The van der Waals surface area contributed by atoms with Crippen molar-refractivity contribution in [3.8, 4) is 0 Å². The summed E-state index contributed by atoms with van der Waals surface area (Å²) in [4.78, 5) is 11.4. The highest BCUT2D eigenvalue weighted by Gasteiger charge is 2.52. The lowest BCUT2D eigenvalue weighted by Gasteiger charge is -2.32. The van der Waals surface area contributed by atoms with Gasteiger partial charge in [0, 0.05) is 11.9 Å². The lowest BCUT2D eigenvalue weighted by Crippen LogP contribution is -2.41. The van der Waals surface area contributed by atoms with Gasteiger partial charge in [0.25, 0.3) is 0 Å². The van der Waals surface area contributed by atoms with Gasteiger partial charge in [0.15, 0.2) is 0 Å². The van der Waals surface area contributed by atoms with Crippen molar-refractivity contribution < 1.29 is 18.5 Å². The number of carbonyl (C=O) groups excluding carboxylic acids is 1. The summed E-state index contributed by atoms with van der Waals surface area (Å²) >= 11 is 0. The first kappa shape index (κ1) is 16.0. The number of rotatable bonds is 3. The Morgan fingerprint density at radius 2 is 1.81 bits per heavy atom. The number of nitrogens with one attached hydrogen (secondary N) is 1. The minimum absolute atomic E-state index is 0.147. The van der Waals surface area contributed by atoms with E-state index in [-0.39, 0.29) is 11.6 Å². The van der Waals surface area contributed by atoms with Crippen LogP contribution in [0.4, 0.5) is 10.1 Å². The van der Waals surface area contributed by atoms with Crippen LogP contribution in [0.5, 0.6) is 0 Å². The average Bonchev–Trinajstić information content (AvgIpc) is 2.60. The molecular formula is C15H21BFNO3. The molecule has 0 spiro atoms. The van der Waals surface area contributed by atoms with Crippen molar-refractivity contribution in [1.82, 2.24) is 0 Å². The Morgan fingerprint density at radius 3 is 2.33 bits per heavy atom. The van der Waals surface area contributed by atoms with Crippen LogP contribution in [0.2, 0.25) is 0 Å². The Labute approximate surface area is 125 Å². The van der Waals surface area contributed by atoms with Crippen molar-refractivity contribution in [3.63, 3.8) is 0 Å². The fourth-order valence-electron chi connectivity index (χ4n) is 2.04. The number of halogens is 1. The largest absolute Gasteiger partial charge is 0.497 e. The van der Waals surface area contributed by atoms with Crippen LogP contribution in [0.3, 0.4) is 0 Å². The quantitative estimate of drug-likeness (QED) is 0.871. The molecular weight excluding hydrogens is 272 g/mol. The molecule has 114 valence electrons. The molecule has 0 aromatic heterocycles. The number of hydrogen-bond donors (Lipinski definition) is 1. The van der Waals surface area contributed by atoms with Gasteiger partial charge in [-0.2, -0.15) is 0 Å². The maximum absolute atomic E-state index is 14.6. The van der Waals surface area contributed by atoms with Crippen LogP contribution in [0.25, 0.3) is 0 Å². The highest BCUT2D eigenvalue weighted by Crippen LogP contribution is 2.36. The summed E-state index contributed by atoms with van der Waals surface area (Å²) in [5.41, 5.74) is -0.629. The highest BCUT2D eigenvalue weighted by molar-refractivity contribution is 6.62. The van der Waals surface area contributed by atoms with Gasteiger partial charge in [-0.1, -0.05) is 19.1 Å². The molecule has 0 aliphatic carbocycles. The predicted molar refractivity (Wildman–Crippen MR) is 81.0 cm³/mol. The van der Waals surface area contributed by atoms with E-state index in [1.807, 2.05) is 27.7 Å². The molecule has 1 amide bonds. The summed E-state index contributed by atoms with van der Waals surface area (Å²) in [7, 11) is -0.784. The maximum atomic E-state index is 14.6.